The van der Waals surface area contributed by atoms with E-state index in [0.29, 0.717) is 18.9 Å². The van der Waals surface area contributed by atoms with Crippen LogP contribution >= 0.6 is 12.4 Å². The van der Waals surface area contributed by atoms with E-state index in [1.54, 1.807) is 0 Å². The van der Waals surface area contributed by atoms with Crippen LogP contribution in [0.15, 0.2) is 0 Å². The van der Waals surface area contributed by atoms with Gasteiger partial charge in [-0.1, -0.05) is 26.7 Å². The van der Waals surface area contributed by atoms with Crippen molar-refractivity contribution in [3.05, 3.63) is 0 Å². The molecule has 0 aromatic heterocycles. The minimum atomic E-state index is -0.291. The smallest absolute Gasteiger partial charge is 0.223 e. The van der Waals surface area contributed by atoms with Crippen LogP contribution in [0.1, 0.15) is 84.5 Å². The van der Waals surface area contributed by atoms with Crippen LogP contribution < -0.4 is 16.4 Å². The summed E-state index contributed by atoms with van der Waals surface area (Å²) in [4.78, 5) is 24.5. The van der Waals surface area contributed by atoms with Crippen molar-refractivity contribution in [1.82, 2.24) is 10.6 Å². The summed E-state index contributed by atoms with van der Waals surface area (Å²) in [5.41, 5.74) is 5.97. The normalized spacial score (nSPS) is 24.0. The number of carbonyl (C=O) groups is 2. The Labute approximate surface area is 165 Å². The van der Waals surface area contributed by atoms with Crippen molar-refractivity contribution in [3.63, 3.8) is 0 Å². The lowest BCUT2D eigenvalue weighted by atomic mass is 9.85. The zero-order valence-corrected chi connectivity index (χ0v) is 17.3. The van der Waals surface area contributed by atoms with E-state index in [4.69, 9.17) is 5.73 Å². The van der Waals surface area contributed by atoms with Crippen LogP contribution in [-0.4, -0.2) is 29.9 Å². The lowest BCUT2D eigenvalue weighted by Gasteiger charge is -2.31. The van der Waals surface area contributed by atoms with Crippen LogP contribution in [0.3, 0.4) is 0 Å². The summed E-state index contributed by atoms with van der Waals surface area (Å²) in [6.45, 7) is 4.68. The standard InChI is InChI=1S/C20H37N3O2.ClH/c1-3-20(21,4-2)14-22-19(25)16-9-11-17(12-10-16)23-18(24)13-15-7-5-6-8-15;/h15-17H,3-14,21H2,1-2H3,(H,22,25)(H,23,24);1H. The van der Waals surface area contributed by atoms with Crippen LogP contribution in [0.25, 0.3) is 0 Å². The van der Waals surface area contributed by atoms with Gasteiger partial charge in [0, 0.05) is 30.5 Å². The highest BCUT2D eigenvalue weighted by molar-refractivity contribution is 5.85. The summed E-state index contributed by atoms with van der Waals surface area (Å²) < 4.78 is 0. The fraction of sp³-hybridized carbons (Fsp3) is 0.900. The molecule has 2 amide bonds. The van der Waals surface area contributed by atoms with Crippen molar-refractivity contribution >= 4 is 24.2 Å². The van der Waals surface area contributed by atoms with Gasteiger partial charge < -0.3 is 16.4 Å². The van der Waals surface area contributed by atoms with Crippen molar-refractivity contribution in [3.8, 4) is 0 Å². The molecule has 0 bridgehead atoms. The largest absolute Gasteiger partial charge is 0.354 e. The zero-order valence-electron chi connectivity index (χ0n) is 16.5. The van der Waals surface area contributed by atoms with E-state index in [1.807, 2.05) is 0 Å². The third kappa shape index (κ3) is 7.07. The highest BCUT2D eigenvalue weighted by atomic mass is 35.5. The molecule has 4 N–H and O–H groups in total. The molecule has 152 valence electrons. The van der Waals surface area contributed by atoms with Gasteiger partial charge in [-0.3, -0.25) is 9.59 Å². The quantitative estimate of drug-likeness (QED) is 0.597. The van der Waals surface area contributed by atoms with Gasteiger partial charge in [0.1, 0.15) is 0 Å². The van der Waals surface area contributed by atoms with Crippen LogP contribution in [0.5, 0.6) is 0 Å². The molecule has 2 rings (SSSR count). The van der Waals surface area contributed by atoms with Gasteiger partial charge in [-0.15, -0.1) is 12.4 Å². The summed E-state index contributed by atoms with van der Waals surface area (Å²) >= 11 is 0. The lowest BCUT2D eigenvalue weighted by molar-refractivity contribution is -0.126. The summed E-state index contributed by atoms with van der Waals surface area (Å²) in [5.74, 6) is 1.00. The average Bonchev–Trinajstić information content (AvgIpc) is 3.12. The molecule has 0 aliphatic heterocycles. The van der Waals surface area contributed by atoms with Gasteiger partial charge in [0.2, 0.25) is 11.8 Å². The first kappa shape index (κ1) is 23.2. The number of hydrogen-bond acceptors (Lipinski definition) is 3. The summed E-state index contributed by atoms with van der Waals surface area (Å²) in [7, 11) is 0. The van der Waals surface area contributed by atoms with Gasteiger partial charge in [-0.05, 0) is 57.3 Å². The Morgan fingerprint density at radius 1 is 1.00 bits per heavy atom. The number of hydrogen-bond donors (Lipinski definition) is 3. The molecule has 0 atom stereocenters. The van der Waals surface area contributed by atoms with Crippen LogP contribution in [0.2, 0.25) is 0 Å². The van der Waals surface area contributed by atoms with Crippen molar-refractivity contribution in [1.29, 1.82) is 0 Å². The first-order chi connectivity index (χ1) is 12.0. The minimum Gasteiger partial charge on any atom is -0.354 e. The van der Waals surface area contributed by atoms with Gasteiger partial charge >= 0.3 is 0 Å². The monoisotopic (exact) mass is 387 g/mol. The number of nitrogens with two attached hydrogens (primary N) is 1. The first-order valence-electron chi connectivity index (χ1n) is 10.3. The highest BCUT2D eigenvalue weighted by Gasteiger charge is 2.29. The number of nitrogens with one attached hydrogen (secondary N) is 2. The van der Waals surface area contributed by atoms with Gasteiger partial charge in [0.15, 0.2) is 0 Å². The molecule has 0 heterocycles. The Balaban J connectivity index is 0.00000338. The van der Waals surface area contributed by atoms with Crippen LogP contribution in [0, 0.1) is 11.8 Å². The topological polar surface area (TPSA) is 84.2 Å². The van der Waals surface area contributed by atoms with E-state index >= 15 is 0 Å². The molecular formula is C20H38ClN3O2. The second-order valence-electron chi connectivity index (χ2n) is 8.26. The van der Waals surface area contributed by atoms with Crippen molar-refractivity contribution in [2.45, 2.75) is 96.1 Å². The SMILES string of the molecule is CCC(N)(CC)CNC(=O)C1CCC(NC(=O)CC2CCCC2)CC1.Cl. The van der Waals surface area contributed by atoms with E-state index in [0.717, 1.165) is 38.5 Å². The maximum absolute atomic E-state index is 12.4. The number of halogens is 1. The van der Waals surface area contributed by atoms with Gasteiger partial charge in [0.05, 0.1) is 0 Å². The van der Waals surface area contributed by atoms with Gasteiger partial charge in [-0.25, -0.2) is 0 Å². The average molecular weight is 388 g/mol. The second kappa shape index (κ2) is 11.1. The Hall–Kier alpha value is -0.810. The second-order valence-corrected chi connectivity index (χ2v) is 8.26. The number of amides is 2. The summed E-state index contributed by atoms with van der Waals surface area (Å²) in [6.07, 6.45) is 10.9. The predicted molar refractivity (Wildman–Crippen MR) is 108 cm³/mol. The molecule has 2 saturated carbocycles. The Morgan fingerprint density at radius 2 is 1.58 bits per heavy atom. The van der Waals surface area contributed by atoms with Gasteiger partial charge in [0.25, 0.3) is 0 Å². The predicted octanol–water partition coefficient (Wildman–Crippen LogP) is 3.30. The minimum absolute atomic E-state index is 0. The number of rotatable bonds is 8. The van der Waals surface area contributed by atoms with Crippen LogP contribution in [0.4, 0.5) is 0 Å². The highest BCUT2D eigenvalue weighted by Crippen LogP contribution is 2.28. The maximum atomic E-state index is 12.4. The fourth-order valence-corrected chi connectivity index (χ4v) is 4.17. The molecule has 0 aromatic carbocycles. The molecule has 0 radical (unpaired) electrons. The third-order valence-corrected chi connectivity index (χ3v) is 6.43. The molecule has 0 spiro atoms. The zero-order chi connectivity index (χ0) is 18.3. The molecule has 5 nitrogen and oxygen atoms in total. The molecule has 6 heteroatoms. The maximum Gasteiger partial charge on any atom is 0.223 e. The summed E-state index contributed by atoms with van der Waals surface area (Å²) in [6, 6.07) is 0.248. The Kier molecular flexibility index (Phi) is 9.94. The molecule has 2 aliphatic rings. The Bertz CT molecular complexity index is 440. The van der Waals surface area contributed by atoms with Crippen molar-refractivity contribution < 1.29 is 9.59 Å². The van der Waals surface area contributed by atoms with E-state index < -0.39 is 0 Å². The molecule has 0 saturated heterocycles. The number of carbonyl (C=O) groups excluding carboxylic acids is 2. The van der Waals surface area contributed by atoms with Crippen LogP contribution in [-0.2, 0) is 9.59 Å². The molecule has 2 fully saturated rings. The van der Waals surface area contributed by atoms with Crippen molar-refractivity contribution in [2.75, 3.05) is 6.54 Å². The van der Waals surface area contributed by atoms with E-state index in [9.17, 15) is 9.59 Å². The fourth-order valence-electron chi connectivity index (χ4n) is 4.17. The Morgan fingerprint density at radius 3 is 2.12 bits per heavy atom. The molecule has 0 aromatic rings. The van der Waals surface area contributed by atoms with E-state index in [1.165, 1.54) is 25.7 Å². The molecular weight excluding hydrogens is 350 g/mol. The summed E-state index contributed by atoms with van der Waals surface area (Å²) in [5, 5.41) is 6.24. The van der Waals surface area contributed by atoms with E-state index in [2.05, 4.69) is 24.5 Å². The van der Waals surface area contributed by atoms with Gasteiger partial charge in [-0.2, -0.15) is 0 Å². The molecule has 0 unspecified atom stereocenters. The van der Waals surface area contributed by atoms with E-state index in [-0.39, 0.29) is 41.7 Å². The lowest BCUT2D eigenvalue weighted by Crippen LogP contribution is -2.50. The molecule has 26 heavy (non-hydrogen) atoms. The third-order valence-electron chi connectivity index (χ3n) is 6.43. The molecule has 2 aliphatic carbocycles. The first-order valence-corrected chi connectivity index (χ1v) is 10.3. The van der Waals surface area contributed by atoms with Crippen molar-refractivity contribution in [2.24, 2.45) is 17.6 Å².